The number of carbonyl (C=O) groups excluding carboxylic acids is 1. The van der Waals surface area contributed by atoms with E-state index in [0.717, 1.165) is 62.9 Å². The molecule has 0 aromatic heterocycles. The number of nitrogens with one attached hydrogen (secondary N) is 1. The van der Waals surface area contributed by atoms with E-state index in [1.54, 1.807) is 0 Å². The van der Waals surface area contributed by atoms with Crippen LogP contribution < -0.4 is 10.2 Å². The lowest BCUT2D eigenvalue weighted by molar-refractivity contribution is 0.0940. The summed E-state index contributed by atoms with van der Waals surface area (Å²) in [6.45, 7) is 14.2. The summed E-state index contributed by atoms with van der Waals surface area (Å²) in [6, 6.07) is 16.4. The molecule has 0 spiro atoms. The molecule has 0 aliphatic heterocycles. The number of carbonyl (C=O) groups is 1. The highest BCUT2D eigenvalue weighted by atomic mass is 16.1. The molecule has 0 saturated heterocycles. The first-order chi connectivity index (χ1) is 17.9. The Morgan fingerprint density at radius 1 is 1.16 bits per heavy atom. The normalized spacial score (nSPS) is 13.5. The van der Waals surface area contributed by atoms with E-state index in [4.69, 9.17) is 6.42 Å². The number of rotatable bonds is 16. The lowest BCUT2D eigenvalue weighted by Gasteiger charge is -2.31. The maximum absolute atomic E-state index is 13.3. The van der Waals surface area contributed by atoms with Gasteiger partial charge in [-0.05, 0) is 75.1 Å². The zero-order valence-electron chi connectivity index (χ0n) is 23.4. The second kappa shape index (κ2) is 16.5. The van der Waals surface area contributed by atoms with Crippen LogP contribution in [0.25, 0.3) is 0 Å². The third kappa shape index (κ3) is 9.96. The summed E-state index contributed by atoms with van der Waals surface area (Å²) in [5, 5.41) is 3.20. The standard InChI is InChI=1S/C34H46N2O/c1-7-11-12-16-23-36(26-27(5)17-8-2)33-25-31(21-22-32(33)30(10-4)18-9-3)34(37)35-28(6)24-29-19-14-13-15-20-29/h4,7-8,13-15,17,19-22,25,27-28,30H,1,9,11-12,16,18,23-24,26H2,2-3,5-6H3,(H,35,37)/b17-8-. The lowest BCUT2D eigenvalue weighted by atomic mass is 9.91. The largest absolute Gasteiger partial charge is 0.371 e. The minimum Gasteiger partial charge on any atom is -0.371 e. The molecule has 3 unspecified atom stereocenters. The highest BCUT2D eigenvalue weighted by Crippen LogP contribution is 2.33. The van der Waals surface area contributed by atoms with Gasteiger partial charge in [0, 0.05) is 36.3 Å². The van der Waals surface area contributed by atoms with Gasteiger partial charge in [0.05, 0.1) is 0 Å². The lowest BCUT2D eigenvalue weighted by Crippen LogP contribution is -2.35. The number of allylic oxidation sites excluding steroid dienone is 2. The molecule has 2 aromatic carbocycles. The Balaban J connectivity index is 2.38. The number of hydrogen-bond acceptors (Lipinski definition) is 2. The molecule has 2 aromatic rings. The van der Waals surface area contributed by atoms with Gasteiger partial charge in [-0.2, -0.15) is 0 Å². The fourth-order valence-corrected chi connectivity index (χ4v) is 4.83. The van der Waals surface area contributed by atoms with Crippen LogP contribution in [0.1, 0.15) is 87.2 Å². The summed E-state index contributed by atoms with van der Waals surface area (Å²) in [4.78, 5) is 15.8. The van der Waals surface area contributed by atoms with Crippen molar-refractivity contribution in [3.05, 3.63) is 90.0 Å². The van der Waals surface area contributed by atoms with Crippen molar-refractivity contribution in [3.8, 4) is 12.3 Å². The smallest absolute Gasteiger partial charge is 0.251 e. The van der Waals surface area contributed by atoms with E-state index in [-0.39, 0.29) is 17.9 Å². The van der Waals surface area contributed by atoms with Gasteiger partial charge in [-0.25, -0.2) is 0 Å². The van der Waals surface area contributed by atoms with Crippen LogP contribution in [-0.2, 0) is 6.42 Å². The van der Waals surface area contributed by atoms with Crippen molar-refractivity contribution < 1.29 is 4.79 Å². The maximum Gasteiger partial charge on any atom is 0.251 e. The molecule has 3 heteroatoms. The van der Waals surface area contributed by atoms with Gasteiger partial charge in [-0.3, -0.25) is 4.79 Å². The van der Waals surface area contributed by atoms with Crippen molar-refractivity contribution in [2.75, 3.05) is 18.0 Å². The highest BCUT2D eigenvalue weighted by molar-refractivity contribution is 5.95. The molecule has 3 nitrogen and oxygen atoms in total. The Labute approximate surface area is 226 Å². The van der Waals surface area contributed by atoms with E-state index in [2.05, 4.69) is 86.8 Å². The van der Waals surface area contributed by atoms with Crippen molar-refractivity contribution in [1.29, 1.82) is 0 Å². The van der Waals surface area contributed by atoms with Gasteiger partial charge < -0.3 is 10.2 Å². The van der Waals surface area contributed by atoms with Gasteiger partial charge >= 0.3 is 0 Å². The molecular weight excluding hydrogens is 452 g/mol. The zero-order valence-corrected chi connectivity index (χ0v) is 23.4. The average molecular weight is 499 g/mol. The van der Waals surface area contributed by atoms with E-state index in [1.165, 1.54) is 5.56 Å². The monoisotopic (exact) mass is 498 g/mol. The molecule has 0 heterocycles. The number of terminal acetylenes is 1. The number of amides is 1. The average Bonchev–Trinajstić information content (AvgIpc) is 2.89. The van der Waals surface area contributed by atoms with Gasteiger partial charge in [-0.15, -0.1) is 13.0 Å². The van der Waals surface area contributed by atoms with Crippen LogP contribution in [0.5, 0.6) is 0 Å². The minimum absolute atomic E-state index is 0.0290. The quantitative estimate of drug-likeness (QED) is 0.145. The van der Waals surface area contributed by atoms with Crippen LogP contribution in [0.3, 0.4) is 0 Å². The van der Waals surface area contributed by atoms with Crippen LogP contribution >= 0.6 is 0 Å². The van der Waals surface area contributed by atoms with Gasteiger partial charge in [0.2, 0.25) is 0 Å². The van der Waals surface area contributed by atoms with Crippen LogP contribution in [0, 0.1) is 18.3 Å². The Hall–Kier alpha value is -3.25. The van der Waals surface area contributed by atoms with E-state index < -0.39 is 0 Å². The molecule has 0 fully saturated rings. The summed E-state index contributed by atoms with van der Waals surface area (Å²) in [5.41, 5.74) is 4.14. The highest BCUT2D eigenvalue weighted by Gasteiger charge is 2.21. The molecule has 0 saturated carbocycles. The summed E-state index contributed by atoms with van der Waals surface area (Å²) in [7, 11) is 0. The van der Waals surface area contributed by atoms with Crippen LogP contribution in [0.2, 0.25) is 0 Å². The van der Waals surface area contributed by atoms with Crippen LogP contribution in [0.15, 0.2) is 73.3 Å². The molecule has 2 rings (SSSR count). The minimum atomic E-state index is -0.0444. The van der Waals surface area contributed by atoms with Crippen LogP contribution in [-0.4, -0.2) is 25.0 Å². The second-order valence-electron chi connectivity index (χ2n) is 10.1. The molecule has 1 amide bonds. The summed E-state index contributed by atoms with van der Waals surface area (Å²) in [6.07, 6.45) is 18.3. The molecule has 0 radical (unpaired) electrons. The Morgan fingerprint density at radius 3 is 2.57 bits per heavy atom. The molecule has 37 heavy (non-hydrogen) atoms. The summed E-state index contributed by atoms with van der Waals surface area (Å²) < 4.78 is 0. The predicted octanol–water partition coefficient (Wildman–Crippen LogP) is 7.94. The Morgan fingerprint density at radius 2 is 1.92 bits per heavy atom. The molecule has 0 bridgehead atoms. The molecule has 1 N–H and O–H groups in total. The molecule has 3 atom stereocenters. The third-order valence-corrected chi connectivity index (χ3v) is 6.67. The van der Waals surface area contributed by atoms with Crippen molar-refractivity contribution in [1.82, 2.24) is 5.32 Å². The predicted molar refractivity (Wildman–Crippen MR) is 160 cm³/mol. The number of nitrogens with zero attached hydrogens (tertiary/aromatic N) is 1. The summed E-state index contributed by atoms with van der Waals surface area (Å²) in [5.74, 6) is 3.39. The van der Waals surface area contributed by atoms with Crippen molar-refractivity contribution >= 4 is 11.6 Å². The van der Waals surface area contributed by atoms with Gasteiger partial charge in [0.25, 0.3) is 5.91 Å². The van der Waals surface area contributed by atoms with E-state index in [0.29, 0.717) is 11.5 Å². The fourth-order valence-electron chi connectivity index (χ4n) is 4.83. The first kappa shape index (κ1) is 30.0. The first-order valence-corrected chi connectivity index (χ1v) is 13.9. The number of anilines is 1. The summed E-state index contributed by atoms with van der Waals surface area (Å²) >= 11 is 0. The van der Waals surface area contributed by atoms with Crippen molar-refractivity contribution in [2.24, 2.45) is 5.92 Å². The molecule has 0 aliphatic carbocycles. The zero-order chi connectivity index (χ0) is 27.0. The Bertz CT molecular complexity index is 1030. The second-order valence-corrected chi connectivity index (χ2v) is 10.1. The Kier molecular flexibility index (Phi) is 13.4. The van der Waals surface area contributed by atoms with Gasteiger partial charge in [0.1, 0.15) is 0 Å². The van der Waals surface area contributed by atoms with E-state index in [1.807, 2.05) is 30.3 Å². The number of benzene rings is 2. The van der Waals surface area contributed by atoms with Gasteiger partial charge in [0.15, 0.2) is 0 Å². The van der Waals surface area contributed by atoms with Crippen molar-refractivity contribution in [2.45, 2.75) is 78.2 Å². The van der Waals surface area contributed by atoms with E-state index >= 15 is 0 Å². The molecule has 198 valence electrons. The van der Waals surface area contributed by atoms with Gasteiger partial charge in [-0.1, -0.05) is 80.8 Å². The number of hydrogen-bond donors (Lipinski definition) is 1. The van der Waals surface area contributed by atoms with E-state index in [9.17, 15) is 4.79 Å². The van der Waals surface area contributed by atoms with Crippen molar-refractivity contribution in [3.63, 3.8) is 0 Å². The molecular formula is C34H46N2O. The molecule has 0 aliphatic rings. The van der Waals surface area contributed by atoms with Crippen LogP contribution in [0.4, 0.5) is 5.69 Å². The maximum atomic E-state index is 13.3. The third-order valence-electron chi connectivity index (χ3n) is 6.67. The first-order valence-electron chi connectivity index (χ1n) is 13.9. The number of unbranched alkanes of at least 4 members (excludes halogenated alkanes) is 2. The SMILES string of the molecule is C#CC(CCC)c1ccc(C(=O)NC(C)Cc2ccccc2)cc1N(CCCCC=C)CC(C)/C=C\C. The fraction of sp³-hybridized carbons (Fsp3) is 0.441. The topological polar surface area (TPSA) is 32.3 Å².